The van der Waals surface area contributed by atoms with Crippen LogP contribution in [0.3, 0.4) is 0 Å². The third-order valence-corrected chi connectivity index (χ3v) is 5.47. The molecule has 34 heavy (non-hydrogen) atoms. The maximum absolute atomic E-state index is 12.4. The number of fused-ring (bicyclic) bond motifs is 1. The monoisotopic (exact) mass is 463 g/mol. The Morgan fingerprint density at radius 1 is 1.09 bits per heavy atom. The van der Waals surface area contributed by atoms with E-state index in [1.165, 1.54) is 0 Å². The minimum absolute atomic E-state index is 0.194. The number of aryl methyl sites for hydroxylation is 1. The molecule has 0 bridgehead atoms. The Kier molecular flexibility index (Phi) is 7.50. The van der Waals surface area contributed by atoms with Crippen molar-refractivity contribution in [1.29, 1.82) is 0 Å². The van der Waals surface area contributed by atoms with E-state index in [1.807, 2.05) is 39.0 Å². The summed E-state index contributed by atoms with van der Waals surface area (Å²) in [5.74, 6) is -0.770. The lowest BCUT2D eigenvalue weighted by atomic mass is 10.0. The summed E-state index contributed by atoms with van der Waals surface area (Å²) in [4.78, 5) is 23.8. The zero-order valence-corrected chi connectivity index (χ0v) is 20.8. The van der Waals surface area contributed by atoms with E-state index in [1.54, 1.807) is 26.2 Å². The Labute approximate surface area is 200 Å². The van der Waals surface area contributed by atoms with Crippen molar-refractivity contribution in [1.82, 2.24) is 4.57 Å². The number of rotatable bonds is 8. The topological polar surface area (TPSA) is 77.8 Å². The van der Waals surface area contributed by atoms with Gasteiger partial charge in [-0.25, -0.2) is 9.59 Å². The molecular formula is C28H33NO5. The summed E-state index contributed by atoms with van der Waals surface area (Å²) in [5, 5.41) is 10.4. The van der Waals surface area contributed by atoms with Crippen molar-refractivity contribution in [2.45, 2.75) is 59.6 Å². The van der Waals surface area contributed by atoms with Crippen molar-refractivity contribution in [3.63, 3.8) is 0 Å². The number of hydrogen-bond donors (Lipinski definition) is 1. The zero-order chi connectivity index (χ0) is 25.0. The number of carbonyl (C=O) groups is 2. The van der Waals surface area contributed by atoms with Gasteiger partial charge in [0.05, 0.1) is 12.7 Å². The molecule has 0 unspecified atom stereocenters. The van der Waals surface area contributed by atoms with Gasteiger partial charge in [0.1, 0.15) is 11.4 Å². The molecule has 0 radical (unpaired) electrons. The number of carboxylic acids is 1. The van der Waals surface area contributed by atoms with Gasteiger partial charge in [-0.15, -0.1) is 0 Å². The Hall–Kier alpha value is -3.54. The molecule has 1 heterocycles. The number of carboxylic acid groups (broad SMARTS) is 1. The van der Waals surface area contributed by atoms with E-state index < -0.39 is 11.6 Å². The Bertz CT molecular complexity index is 1240. The summed E-state index contributed by atoms with van der Waals surface area (Å²) in [6, 6.07) is 11.1. The molecule has 0 saturated carbocycles. The number of aromatic nitrogens is 1. The highest BCUT2D eigenvalue weighted by Crippen LogP contribution is 2.30. The Balaban J connectivity index is 2.03. The van der Waals surface area contributed by atoms with E-state index >= 15 is 0 Å². The van der Waals surface area contributed by atoms with Gasteiger partial charge in [0.15, 0.2) is 0 Å². The largest absolute Gasteiger partial charge is 0.496 e. The fourth-order valence-corrected chi connectivity index (χ4v) is 3.94. The molecule has 1 aromatic heterocycles. The van der Waals surface area contributed by atoms with E-state index in [0.717, 1.165) is 40.6 Å². The lowest BCUT2D eigenvalue weighted by Gasteiger charge is -2.19. The van der Waals surface area contributed by atoms with Crippen LogP contribution in [0.1, 0.15) is 68.1 Å². The summed E-state index contributed by atoms with van der Waals surface area (Å²) < 4.78 is 13.2. The van der Waals surface area contributed by atoms with Crippen LogP contribution < -0.4 is 4.74 Å². The van der Waals surface area contributed by atoms with Crippen molar-refractivity contribution < 1.29 is 24.2 Å². The number of benzene rings is 2. The standard InChI is InChI=1S/C28H33NO5/c1-7-12-29-17-22(15-20-9-10-21(26(30)31)16-25(20)33-6)23-14-19(8-11-24(23)29)13-18(2)27(32)34-28(3,4)5/h8-11,13-14,16-17H,7,12,15H2,1-6H3,(H,30,31)/b18-13-. The first-order chi connectivity index (χ1) is 16.0. The van der Waals surface area contributed by atoms with Crippen molar-refractivity contribution in [3.05, 3.63) is 70.4 Å². The van der Waals surface area contributed by atoms with Crippen molar-refractivity contribution in [3.8, 4) is 5.75 Å². The van der Waals surface area contributed by atoms with Gasteiger partial charge in [-0.3, -0.25) is 0 Å². The summed E-state index contributed by atoms with van der Waals surface area (Å²) in [6.45, 7) is 10.3. The highest BCUT2D eigenvalue weighted by atomic mass is 16.6. The lowest BCUT2D eigenvalue weighted by molar-refractivity contribution is -0.149. The van der Waals surface area contributed by atoms with Crippen LogP contribution in [0.4, 0.5) is 0 Å². The zero-order valence-electron chi connectivity index (χ0n) is 20.8. The van der Waals surface area contributed by atoms with Gasteiger partial charge in [0, 0.05) is 35.6 Å². The molecule has 1 N–H and O–H groups in total. The molecule has 0 saturated heterocycles. The molecule has 6 heteroatoms. The Morgan fingerprint density at radius 3 is 2.44 bits per heavy atom. The third-order valence-electron chi connectivity index (χ3n) is 5.47. The second-order valence-electron chi connectivity index (χ2n) is 9.46. The van der Waals surface area contributed by atoms with E-state index in [0.29, 0.717) is 17.7 Å². The number of carbonyl (C=O) groups excluding carboxylic acids is 1. The Morgan fingerprint density at radius 2 is 1.82 bits per heavy atom. The van der Waals surface area contributed by atoms with E-state index in [-0.39, 0.29) is 11.5 Å². The van der Waals surface area contributed by atoms with Crippen LogP contribution in [0.5, 0.6) is 5.75 Å². The number of aromatic carboxylic acids is 1. The predicted octanol–water partition coefficient (Wildman–Crippen LogP) is 6.09. The first-order valence-electron chi connectivity index (χ1n) is 11.5. The van der Waals surface area contributed by atoms with Gasteiger partial charge < -0.3 is 19.1 Å². The summed E-state index contributed by atoms with van der Waals surface area (Å²) in [5.41, 5.74) is 4.23. The van der Waals surface area contributed by atoms with Crippen LogP contribution in [0, 0.1) is 0 Å². The van der Waals surface area contributed by atoms with Crippen LogP contribution in [-0.4, -0.2) is 34.3 Å². The quantitative estimate of drug-likeness (QED) is 0.323. The van der Waals surface area contributed by atoms with Crippen LogP contribution >= 0.6 is 0 Å². The number of esters is 1. The molecule has 0 atom stereocenters. The SMILES string of the molecule is CCCn1cc(Cc2ccc(C(=O)O)cc2OC)c2cc(/C=C(/C)C(=O)OC(C)(C)C)ccc21. The molecule has 0 amide bonds. The molecule has 6 nitrogen and oxygen atoms in total. The van der Waals surface area contributed by atoms with Gasteiger partial charge in [0.25, 0.3) is 0 Å². The number of ether oxygens (including phenoxy) is 2. The van der Waals surface area contributed by atoms with E-state index in [9.17, 15) is 14.7 Å². The molecule has 3 aromatic rings. The normalized spacial score (nSPS) is 12.1. The second-order valence-corrected chi connectivity index (χ2v) is 9.46. The first-order valence-corrected chi connectivity index (χ1v) is 11.5. The van der Waals surface area contributed by atoms with E-state index in [4.69, 9.17) is 9.47 Å². The average Bonchev–Trinajstić information content (AvgIpc) is 3.09. The maximum Gasteiger partial charge on any atom is 0.335 e. The van der Waals surface area contributed by atoms with Gasteiger partial charge in [-0.1, -0.05) is 19.1 Å². The predicted molar refractivity (Wildman–Crippen MR) is 134 cm³/mol. The summed E-state index contributed by atoms with van der Waals surface area (Å²) in [7, 11) is 1.55. The van der Waals surface area contributed by atoms with Gasteiger partial charge in [0.2, 0.25) is 0 Å². The molecule has 0 aliphatic carbocycles. The molecule has 180 valence electrons. The molecule has 0 aliphatic heterocycles. The highest BCUT2D eigenvalue weighted by molar-refractivity contribution is 5.94. The highest BCUT2D eigenvalue weighted by Gasteiger charge is 2.18. The number of hydrogen-bond acceptors (Lipinski definition) is 4. The maximum atomic E-state index is 12.4. The molecular weight excluding hydrogens is 430 g/mol. The van der Waals surface area contributed by atoms with Crippen LogP contribution in [0.15, 0.2) is 48.2 Å². The summed E-state index contributed by atoms with van der Waals surface area (Å²) >= 11 is 0. The van der Waals surface area contributed by atoms with Crippen molar-refractivity contribution in [2.75, 3.05) is 7.11 Å². The van der Waals surface area contributed by atoms with E-state index in [2.05, 4.69) is 29.8 Å². The minimum Gasteiger partial charge on any atom is -0.496 e. The fourth-order valence-electron chi connectivity index (χ4n) is 3.94. The van der Waals surface area contributed by atoms with Gasteiger partial charge in [-0.2, -0.15) is 0 Å². The number of nitrogens with zero attached hydrogens (tertiary/aromatic N) is 1. The lowest BCUT2D eigenvalue weighted by Crippen LogP contribution is -2.24. The molecule has 0 spiro atoms. The molecule has 2 aromatic carbocycles. The van der Waals surface area contributed by atoms with Crippen LogP contribution in [0.25, 0.3) is 17.0 Å². The van der Waals surface area contributed by atoms with Crippen molar-refractivity contribution >= 4 is 28.9 Å². The smallest absolute Gasteiger partial charge is 0.335 e. The molecule has 0 fully saturated rings. The minimum atomic E-state index is -0.985. The van der Waals surface area contributed by atoms with Gasteiger partial charge in [-0.05, 0) is 81.1 Å². The molecule has 0 aliphatic rings. The third kappa shape index (κ3) is 5.87. The van der Waals surface area contributed by atoms with Crippen LogP contribution in [-0.2, 0) is 22.5 Å². The number of methoxy groups -OCH3 is 1. The summed E-state index contributed by atoms with van der Waals surface area (Å²) in [6.07, 6.45) is 5.58. The second kappa shape index (κ2) is 10.2. The molecule has 3 rings (SSSR count). The fraction of sp³-hybridized carbons (Fsp3) is 0.357. The first kappa shape index (κ1) is 25.1. The van der Waals surface area contributed by atoms with Crippen molar-refractivity contribution in [2.24, 2.45) is 0 Å². The average molecular weight is 464 g/mol. The van der Waals surface area contributed by atoms with Gasteiger partial charge >= 0.3 is 11.9 Å². The van der Waals surface area contributed by atoms with Crippen LogP contribution in [0.2, 0.25) is 0 Å².